The number of hydrogen-bond donors (Lipinski definition) is 1. The lowest BCUT2D eigenvalue weighted by Crippen LogP contribution is -2.13. The average Bonchev–Trinajstić information content (AvgIpc) is 2.45. The lowest BCUT2D eigenvalue weighted by atomic mass is 9.92. The Kier molecular flexibility index (Phi) is 2.32. The fourth-order valence-corrected chi connectivity index (χ4v) is 4.65. The van der Waals surface area contributed by atoms with Crippen LogP contribution in [0.4, 0.5) is 0 Å². The molecule has 1 N–H and O–H groups in total. The van der Waals surface area contributed by atoms with Gasteiger partial charge in [0.2, 0.25) is 0 Å². The zero-order chi connectivity index (χ0) is 11.4. The summed E-state index contributed by atoms with van der Waals surface area (Å²) >= 11 is 3.49. The van der Waals surface area contributed by atoms with E-state index in [1.807, 2.05) is 0 Å². The number of aromatic nitrogens is 1. The number of rotatable bonds is 0. The highest BCUT2D eigenvalue weighted by atomic mass is 79.9. The van der Waals surface area contributed by atoms with Gasteiger partial charge in [-0.1, -0.05) is 20.8 Å². The summed E-state index contributed by atoms with van der Waals surface area (Å²) in [6.45, 7) is 6.31. The average molecular weight is 292 g/mol. The topological polar surface area (TPSA) is 49.9 Å². The third-order valence-corrected chi connectivity index (χ3v) is 4.94. The molecule has 0 saturated heterocycles. The first kappa shape index (κ1) is 11.2. The quantitative estimate of drug-likeness (QED) is 0.798. The highest BCUT2D eigenvalue weighted by Crippen LogP contribution is 2.38. The van der Waals surface area contributed by atoms with Crippen LogP contribution in [0.1, 0.15) is 37.7 Å². The van der Waals surface area contributed by atoms with Crippen LogP contribution in [-0.2, 0) is 26.8 Å². The van der Waals surface area contributed by atoms with E-state index >= 15 is 0 Å². The van der Waals surface area contributed by atoms with Gasteiger partial charge in [0.1, 0.15) is 0 Å². The van der Waals surface area contributed by atoms with Crippen LogP contribution in [0, 0.1) is 0 Å². The van der Waals surface area contributed by atoms with Crippen molar-refractivity contribution in [2.45, 2.75) is 37.7 Å². The molecule has 1 aliphatic heterocycles. The molecule has 15 heavy (non-hydrogen) atoms. The summed E-state index contributed by atoms with van der Waals surface area (Å²) in [6.07, 6.45) is 0. The summed E-state index contributed by atoms with van der Waals surface area (Å²) in [7, 11) is -2.91. The second-order valence-corrected chi connectivity index (χ2v) is 7.91. The molecule has 0 aliphatic carbocycles. The molecule has 0 unspecified atom stereocenters. The maximum absolute atomic E-state index is 11.4. The first-order valence-corrected chi connectivity index (χ1v) is 7.42. The van der Waals surface area contributed by atoms with Gasteiger partial charge in [0, 0.05) is 26.8 Å². The highest BCUT2D eigenvalue weighted by molar-refractivity contribution is 9.10. The van der Waals surface area contributed by atoms with Gasteiger partial charge < -0.3 is 4.98 Å². The molecule has 0 spiro atoms. The second kappa shape index (κ2) is 3.10. The molecule has 3 nitrogen and oxygen atoms in total. The van der Waals surface area contributed by atoms with Crippen LogP contribution < -0.4 is 0 Å². The SMILES string of the molecule is CC(C)(C)c1[nH]c2c(c1Br)CS(=O)(=O)C2. The molecule has 5 heteroatoms. The van der Waals surface area contributed by atoms with Gasteiger partial charge in [-0.3, -0.25) is 0 Å². The molecule has 2 heterocycles. The Hall–Kier alpha value is -0.290. The number of hydrogen-bond acceptors (Lipinski definition) is 2. The molecule has 0 aromatic carbocycles. The summed E-state index contributed by atoms with van der Waals surface area (Å²) in [5, 5.41) is 0. The van der Waals surface area contributed by atoms with Gasteiger partial charge in [-0.2, -0.15) is 0 Å². The first-order valence-electron chi connectivity index (χ1n) is 4.81. The zero-order valence-corrected chi connectivity index (χ0v) is 11.4. The van der Waals surface area contributed by atoms with Crippen molar-refractivity contribution < 1.29 is 8.42 Å². The first-order chi connectivity index (χ1) is 6.71. The highest BCUT2D eigenvalue weighted by Gasteiger charge is 2.32. The minimum Gasteiger partial charge on any atom is -0.360 e. The summed E-state index contributed by atoms with van der Waals surface area (Å²) in [6, 6.07) is 0. The third-order valence-electron chi connectivity index (χ3n) is 2.60. The molecule has 1 aliphatic rings. The van der Waals surface area contributed by atoms with E-state index in [2.05, 4.69) is 41.7 Å². The Morgan fingerprint density at radius 3 is 2.33 bits per heavy atom. The van der Waals surface area contributed by atoms with Gasteiger partial charge in [-0.05, 0) is 15.9 Å². The van der Waals surface area contributed by atoms with Gasteiger partial charge in [0.25, 0.3) is 0 Å². The number of H-pyrrole nitrogens is 1. The normalized spacial score (nSPS) is 19.2. The standard InChI is InChI=1S/C10H14BrNO2S/c1-10(2,3)9-8(11)6-4-15(13,14)5-7(6)12-9/h12H,4-5H2,1-3H3. The number of nitrogens with one attached hydrogen (secondary N) is 1. The number of fused-ring (bicyclic) bond motifs is 1. The number of halogens is 1. The Bertz CT molecular complexity index is 508. The van der Waals surface area contributed by atoms with E-state index in [9.17, 15) is 8.42 Å². The van der Waals surface area contributed by atoms with E-state index in [0.717, 1.165) is 21.4 Å². The largest absolute Gasteiger partial charge is 0.360 e. The van der Waals surface area contributed by atoms with Crippen molar-refractivity contribution in [1.82, 2.24) is 4.98 Å². The van der Waals surface area contributed by atoms with E-state index < -0.39 is 9.84 Å². The molecular weight excluding hydrogens is 278 g/mol. The molecule has 0 atom stereocenters. The van der Waals surface area contributed by atoms with Gasteiger partial charge in [0.05, 0.1) is 11.5 Å². The summed E-state index contributed by atoms with van der Waals surface area (Å²) in [5.74, 6) is 0.312. The molecule has 1 aromatic heterocycles. The summed E-state index contributed by atoms with van der Waals surface area (Å²) in [5.41, 5.74) is 2.86. The van der Waals surface area contributed by atoms with Crippen LogP contribution in [0.3, 0.4) is 0 Å². The molecule has 0 saturated carbocycles. The van der Waals surface area contributed by atoms with Crippen molar-refractivity contribution in [3.8, 4) is 0 Å². The van der Waals surface area contributed by atoms with Gasteiger partial charge in [-0.25, -0.2) is 8.42 Å². The minimum atomic E-state index is -2.91. The molecule has 1 aromatic rings. The summed E-state index contributed by atoms with van der Waals surface area (Å²) < 4.78 is 23.8. The molecule has 2 rings (SSSR count). The molecule has 84 valence electrons. The van der Waals surface area contributed by atoms with E-state index in [4.69, 9.17) is 0 Å². The Labute approximate surface area is 98.3 Å². The molecule has 0 bridgehead atoms. The maximum atomic E-state index is 11.4. The fourth-order valence-electron chi connectivity index (χ4n) is 1.85. The van der Waals surface area contributed by atoms with E-state index in [1.165, 1.54) is 0 Å². The third kappa shape index (κ3) is 1.87. The van der Waals surface area contributed by atoms with Crippen LogP contribution in [0.25, 0.3) is 0 Å². The Morgan fingerprint density at radius 1 is 1.27 bits per heavy atom. The van der Waals surface area contributed by atoms with Crippen molar-refractivity contribution in [3.05, 3.63) is 21.4 Å². The lowest BCUT2D eigenvalue weighted by molar-refractivity contribution is 0.566. The monoisotopic (exact) mass is 291 g/mol. The van der Waals surface area contributed by atoms with Gasteiger partial charge in [-0.15, -0.1) is 0 Å². The minimum absolute atomic E-state index is 0.00688. The van der Waals surface area contributed by atoms with Crippen LogP contribution in [0.2, 0.25) is 0 Å². The van der Waals surface area contributed by atoms with E-state index in [1.54, 1.807) is 0 Å². The zero-order valence-electron chi connectivity index (χ0n) is 9.02. The summed E-state index contributed by atoms with van der Waals surface area (Å²) in [4.78, 5) is 3.23. The second-order valence-electron chi connectivity index (χ2n) is 5.05. The smallest absolute Gasteiger partial charge is 0.160 e. The van der Waals surface area contributed by atoms with Crippen LogP contribution >= 0.6 is 15.9 Å². The van der Waals surface area contributed by atoms with Crippen molar-refractivity contribution in [3.63, 3.8) is 0 Å². The molecule has 0 radical (unpaired) electrons. The van der Waals surface area contributed by atoms with Crippen molar-refractivity contribution in [2.75, 3.05) is 0 Å². The predicted octanol–water partition coefficient (Wildman–Crippen LogP) is 2.50. The van der Waals surface area contributed by atoms with Crippen LogP contribution in [0.5, 0.6) is 0 Å². The van der Waals surface area contributed by atoms with Gasteiger partial charge in [0.15, 0.2) is 9.84 Å². The van der Waals surface area contributed by atoms with E-state index in [-0.39, 0.29) is 16.9 Å². The van der Waals surface area contributed by atoms with Gasteiger partial charge >= 0.3 is 0 Å². The Balaban J connectivity index is 2.54. The lowest BCUT2D eigenvalue weighted by Gasteiger charge is -2.18. The molecule has 0 amide bonds. The molecule has 0 fully saturated rings. The Morgan fingerprint density at radius 2 is 1.87 bits per heavy atom. The van der Waals surface area contributed by atoms with Crippen molar-refractivity contribution >= 4 is 25.8 Å². The van der Waals surface area contributed by atoms with E-state index in [0.29, 0.717) is 0 Å². The number of sulfone groups is 1. The van der Waals surface area contributed by atoms with Crippen molar-refractivity contribution in [1.29, 1.82) is 0 Å². The maximum Gasteiger partial charge on any atom is 0.160 e. The fraction of sp³-hybridized carbons (Fsp3) is 0.600. The van der Waals surface area contributed by atoms with Crippen LogP contribution in [-0.4, -0.2) is 13.4 Å². The van der Waals surface area contributed by atoms with Crippen LogP contribution in [0.15, 0.2) is 4.47 Å². The van der Waals surface area contributed by atoms with Crippen molar-refractivity contribution in [2.24, 2.45) is 0 Å². The predicted molar refractivity (Wildman–Crippen MR) is 63.5 cm³/mol. The molecular formula is C10H14BrNO2S. The number of aromatic amines is 1.